The molecule has 110 valence electrons. The molecule has 1 aliphatic rings. The van der Waals surface area contributed by atoms with Gasteiger partial charge in [-0.05, 0) is 23.8 Å². The molecule has 1 aliphatic heterocycles. The van der Waals surface area contributed by atoms with Crippen LogP contribution in [0.25, 0.3) is 0 Å². The molecule has 2 heterocycles. The SMILES string of the molecule is NNC(c1ccc2c(c1)OCCCO2)c1ccncc1F. The highest BCUT2D eigenvalue weighted by Gasteiger charge is 2.19. The van der Waals surface area contributed by atoms with E-state index >= 15 is 0 Å². The lowest BCUT2D eigenvalue weighted by atomic mass is 9.99. The summed E-state index contributed by atoms with van der Waals surface area (Å²) < 4.78 is 25.1. The number of rotatable bonds is 3. The molecule has 1 aromatic heterocycles. The minimum atomic E-state index is -0.481. The lowest BCUT2D eigenvalue weighted by Gasteiger charge is -2.18. The minimum Gasteiger partial charge on any atom is -0.490 e. The third-order valence-electron chi connectivity index (χ3n) is 3.39. The smallest absolute Gasteiger partial charge is 0.161 e. The first-order chi connectivity index (χ1) is 10.3. The maximum Gasteiger partial charge on any atom is 0.161 e. The molecule has 0 saturated heterocycles. The third-order valence-corrected chi connectivity index (χ3v) is 3.39. The largest absolute Gasteiger partial charge is 0.490 e. The van der Waals surface area contributed by atoms with Gasteiger partial charge in [-0.2, -0.15) is 0 Å². The van der Waals surface area contributed by atoms with Crippen LogP contribution in [0.3, 0.4) is 0 Å². The Hall–Kier alpha value is -2.18. The summed E-state index contributed by atoms with van der Waals surface area (Å²) in [6.07, 6.45) is 3.54. The maximum absolute atomic E-state index is 13.9. The topological polar surface area (TPSA) is 69.4 Å². The zero-order valence-electron chi connectivity index (χ0n) is 11.4. The maximum atomic E-state index is 13.9. The van der Waals surface area contributed by atoms with Crippen LogP contribution in [0.4, 0.5) is 4.39 Å². The molecule has 6 heteroatoms. The van der Waals surface area contributed by atoms with Gasteiger partial charge in [0, 0.05) is 18.2 Å². The summed E-state index contributed by atoms with van der Waals surface area (Å²) in [5.74, 6) is 6.54. The van der Waals surface area contributed by atoms with E-state index in [2.05, 4.69) is 10.4 Å². The monoisotopic (exact) mass is 289 g/mol. The van der Waals surface area contributed by atoms with E-state index in [4.69, 9.17) is 15.3 Å². The van der Waals surface area contributed by atoms with Crippen LogP contribution in [0, 0.1) is 5.82 Å². The Morgan fingerprint density at radius 3 is 2.76 bits per heavy atom. The number of fused-ring (bicyclic) bond motifs is 1. The molecule has 0 radical (unpaired) electrons. The fourth-order valence-corrected chi connectivity index (χ4v) is 2.35. The van der Waals surface area contributed by atoms with Gasteiger partial charge in [-0.3, -0.25) is 10.8 Å². The molecule has 0 bridgehead atoms. The van der Waals surface area contributed by atoms with E-state index in [1.165, 1.54) is 12.4 Å². The van der Waals surface area contributed by atoms with Crippen LogP contribution in [-0.4, -0.2) is 18.2 Å². The quantitative estimate of drug-likeness (QED) is 0.667. The number of nitrogens with two attached hydrogens (primary N) is 1. The van der Waals surface area contributed by atoms with Crippen molar-refractivity contribution in [2.24, 2.45) is 5.84 Å². The Labute approximate surface area is 121 Å². The van der Waals surface area contributed by atoms with Gasteiger partial charge in [-0.25, -0.2) is 9.82 Å². The molecule has 1 unspecified atom stereocenters. The van der Waals surface area contributed by atoms with E-state index in [1.807, 2.05) is 18.2 Å². The summed E-state index contributed by atoms with van der Waals surface area (Å²) in [6.45, 7) is 1.23. The first-order valence-electron chi connectivity index (χ1n) is 6.74. The number of nitrogens with one attached hydrogen (secondary N) is 1. The van der Waals surface area contributed by atoms with Crippen molar-refractivity contribution < 1.29 is 13.9 Å². The molecule has 0 fully saturated rings. The number of hydrogen-bond acceptors (Lipinski definition) is 5. The molecule has 0 amide bonds. The molecule has 0 aliphatic carbocycles. The van der Waals surface area contributed by atoms with Crippen LogP contribution in [0.2, 0.25) is 0 Å². The van der Waals surface area contributed by atoms with Crippen molar-refractivity contribution in [3.05, 3.63) is 53.6 Å². The van der Waals surface area contributed by atoms with Crippen molar-refractivity contribution >= 4 is 0 Å². The number of halogens is 1. The van der Waals surface area contributed by atoms with E-state index in [0.29, 0.717) is 30.3 Å². The van der Waals surface area contributed by atoms with Crippen molar-refractivity contribution in [2.45, 2.75) is 12.5 Å². The van der Waals surface area contributed by atoms with Crippen LogP contribution in [0.15, 0.2) is 36.7 Å². The lowest BCUT2D eigenvalue weighted by molar-refractivity contribution is 0.297. The highest BCUT2D eigenvalue weighted by Crippen LogP contribution is 2.34. The molecule has 21 heavy (non-hydrogen) atoms. The van der Waals surface area contributed by atoms with Crippen molar-refractivity contribution in [1.82, 2.24) is 10.4 Å². The fraction of sp³-hybridized carbons (Fsp3) is 0.267. The van der Waals surface area contributed by atoms with Crippen molar-refractivity contribution in [3.8, 4) is 11.5 Å². The van der Waals surface area contributed by atoms with Crippen LogP contribution < -0.4 is 20.7 Å². The van der Waals surface area contributed by atoms with Gasteiger partial charge in [0.25, 0.3) is 0 Å². The van der Waals surface area contributed by atoms with Crippen LogP contribution in [0.5, 0.6) is 11.5 Å². The second-order valence-electron chi connectivity index (χ2n) is 4.75. The highest BCUT2D eigenvalue weighted by atomic mass is 19.1. The van der Waals surface area contributed by atoms with Crippen molar-refractivity contribution in [2.75, 3.05) is 13.2 Å². The summed E-state index contributed by atoms with van der Waals surface area (Å²) in [5, 5.41) is 0. The van der Waals surface area contributed by atoms with Crippen LogP contribution >= 0.6 is 0 Å². The molecule has 5 nitrogen and oxygen atoms in total. The Kier molecular flexibility index (Phi) is 3.98. The lowest BCUT2D eigenvalue weighted by Crippen LogP contribution is -2.29. The fourth-order valence-electron chi connectivity index (χ4n) is 2.35. The van der Waals surface area contributed by atoms with E-state index in [-0.39, 0.29) is 0 Å². The average Bonchev–Trinajstić information content (AvgIpc) is 2.75. The molecule has 1 aromatic carbocycles. The molecule has 1 atom stereocenters. The van der Waals surface area contributed by atoms with Crippen molar-refractivity contribution in [3.63, 3.8) is 0 Å². The zero-order chi connectivity index (χ0) is 14.7. The van der Waals surface area contributed by atoms with Gasteiger partial charge < -0.3 is 9.47 Å². The first-order valence-corrected chi connectivity index (χ1v) is 6.74. The number of pyridine rings is 1. The van der Waals surface area contributed by atoms with Gasteiger partial charge in [0.1, 0.15) is 5.82 Å². The minimum absolute atomic E-state index is 0.410. The third kappa shape index (κ3) is 2.81. The number of hydrazine groups is 1. The first kappa shape index (κ1) is 13.8. The highest BCUT2D eigenvalue weighted by molar-refractivity contribution is 5.46. The summed E-state index contributed by atoms with van der Waals surface area (Å²) in [4.78, 5) is 3.75. The van der Waals surface area contributed by atoms with Gasteiger partial charge in [-0.1, -0.05) is 6.07 Å². The Bertz CT molecular complexity index is 636. The number of aromatic nitrogens is 1. The van der Waals surface area contributed by atoms with Gasteiger partial charge in [0.2, 0.25) is 0 Å². The molecular formula is C15H16FN3O2. The van der Waals surface area contributed by atoms with E-state index in [0.717, 1.165) is 12.0 Å². The molecule has 3 N–H and O–H groups in total. The van der Waals surface area contributed by atoms with E-state index in [9.17, 15) is 4.39 Å². The standard InChI is InChI=1S/C15H16FN3O2/c16-12-9-18-5-4-11(12)15(19-17)10-2-3-13-14(8-10)21-7-1-6-20-13/h2-5,8-9,15,19H,1,6-7,17H2. The Morgan fingerprint density at radius 2 is 2.00 bits per heavy atom. The van der Waals surface area contributed by atoms with E-state index < -0.39 is 11.9 Å². The normalized spacial score (nSPS) is 15.3. The zero-order valence-corrected chi connectivity index (χ0v) is 11.4. The van der Waals surface area contributed by atoms with Crippen LogP contribution in [-0.2, 0) is 0 Å². The predicted molar refractivity (Wildman–Crippen MR) is 75.4 cm³/mol. The number of benzene rings is 1. The van der Waals surface area contributed by atoms with Gasteiger partial charge >= 0.3 is 0 Å². The number of hydrogen-bond donors (Lipinski definition) is 2. The Balaban J connectivity index is 1.98. The number of ether oxygens (including phenoxy) is 2. The number of nitrogens with zero attached hydrogens (tertiary/aromatic N) is 1. The van der Waals surface area contributed by atoms with Gasteiger partial charge in [0.15, 0.2) is 11.5 Å². The van der Waals surface area contributed by atoms with Crippen molar-refractivity contribution in [1.29, 1.82) is 0 Å². The predicted octanol–water partition coefficient (Wildman–Crippen LogP) is 1.93. The second kappa shape index (κ2) is 6.07. The Morgan fingerprint density at radius 1 is 1.19 bits per heavy atom. The molecule has 3 rings (SSSR count). The molecule has 0 spiro atoms. The summed E-state index contributed by atoms with van der Waals surface area (Å²) in [7, 11) is 0. The van der Waals surface area contributed by atoms with Gasteiger partial charge in [0.05, 0.1) is 25.5 Å². The van der Waals surface area contributed by atoms with E-state index in [1.54, 1.807) is 6.07 Å². The summed E-state index contributed by atoms with van der Waals surface area (Å²) in [5.41, 5.74) is 3.86. The van der Waals surface area contributed by atoms with Crippen LogP contribution in [0.1, 0.15) is 23.6 Å². The summed E-state index contributed by atoms with van der Waals surface area (Å²) >= 11 is 0. The molecular weight excluding hydrogens is 273 g/mol. The van der Waals surface area contributed by atoms with Gasteiger partial charge in [-0.15, -0.1) is 0 Å². The molecule has 2 aromatic rings. The molecule has 0 saturated carbocycles. The summed E-state index contributed by atoms with van der Waals surface area (Å²) in [6, 6.07) is 6.61. The second-order valence-corrected chi connectivity index (χ2v) is 4.75. The average molecular weight is 289 g/mol.